The molecule has 0 bridgehead atoms. The molecule has 3 rings (SSSR count). The Balaban J connectivity index is 1.75. The van der Waals surface area contributed by atoms with Crippen molar-refractivity contribution in [2.45, 2.75) is 44.3 Å². The fraction of sp³-hybridized carbons (Fsp3) is 0.286. The van der Waals surface area contributed by atoms with E-state index in [-0.39, 0.29) is 17.8 Å². The summed E-state index contributed by atoms with van der Waals surface area (Å²) in [5.41, 5.74) is 2.14. The van der Waals surface area contributed by atoms with Gasteiger partial charge in [0.25, 0.3) is 0 Å². The Hall–Kier alpha value is -2.60. The second-order valence-electron chi connectivity index (χ2n) is 6.18. The van der Waals surface area contributed by atoms with Gasteiger partial charge in [-0.1, -0.05) is 43.0 Å². The van der Waals surface area contributed by atoms with Gasteiger partial charge in [0.15, 0.2) is 5.78 Å². The van der Waals surface area contributed by atoms with Crippen LogP contribution in [0.2, 0.25) is 0 Å². The molecule has 27 heavy (non-hydrogen) atoms. The van der Waals surface area contributed by atoms with Crippen LogP contribution in [0.5, 0.6) is 0 Å². The summed E-state index contributed by atoms with van der Waals surface area (Å²) in [5.74, 6) is -1.27. The summed E-state index contributed by atoms with van der Waals surface area (Å²) in [7, 11) is 0. The van der Waals surface area contributed by atoms with Crippen LogP contribution in [0.4, 0.5) is 0 Å². The third kappa shape index (κ3) is 4.39. The second kappa shape index (κ2) is 8.39. The number of Topliss-reactive ketones (excluding diaryl/α,β-unsaturated/α-hetero) is 1. The number of hydrogen-bond donors (Lipinski definition) is 0. The number of ketones is 1. The second-order valence-corrected chi connectivity index (χ2v) is 7.26. The molecule has 1 aromatic carbocycles. The molecule has 0 saturated heterocycles. The van der Waals surface area contributed by atoms with Crippen LogP contribution in [0.15, 0.2) is 63.4 Å². The van der Waals surface area contributed by atoms with E-state index in [2.05, 4.69) is 0 Å². The predicted octanol–water partition coefficient (Wildman–Crippen LogP) is 3.89. The van der Waals surface area contributed by atoms with Crippen molar-refractivity contribution in [2.24, 2.45) is 0 Å². The predicted molar refractivity (Wildman–Crippen MR) is 102 cm³/mol. The van der Waals surface area contributed by atoms with Crippen LogP contribution in [-0.2, 0) is 30.3 Å². The lowest BCUT2D eigenvalue weighted by Gasteiger charge is -2.24. The molecule has 1 unspecified atom stereocenters. The maximum Gasteiger partial charge on any atom is 0.337 e. The lowest BCUT2D eigenvalue weighted by atomic mass is 9.92. The number of esters is 2. The average Bonchev–Trinajstić information content (AvgIpc) is 2.66. The molecule has 6 heteroatoms. The van der Waals surface area contributed by atoms with Crippen molar-refractivity contribution in [1.29, 1.82) is 0 Å². The highest BCUT2D eigenvalue weighted by Crippen LogP contribution is 2.42. The molecule has 0 radical (unpaired) electrons. The van der Waals surface area contributed by atoms with E-state index in [1.807, 2.05) is 24.3 Å². The van der Waals surface area contributed by atoms with Crippen molar-refractivity contribution in [2.75, 3.05) is 0 Å². The Bertz CT molecular complexity index is 878. The number of carbonyl (C=O) groups excluding carboxylic acids is 3. The van der Waals surface area contributed by atoms with Crippen molar-refractivity contribution in [3.05, 3.63) is 64.1 Å². The molecule has 1 atom stereocenters. The molecular formula is C21H20O5S. The normalized spacial score (nSPS) is 17.1. The first-order valence-electron chi connectivity index (χ1n) is 8.78. The van der Waals surface area contributed by atoms with E-state index in [1.165, 1.54) is 17.8 Å². The first-order chi connectivity index (χ1) is 13.0. The SMILES string of the molecule is C/C=C/C(=O)OC(CC)OC(=O)C1=CC2=C(Cc3ccccc3S2)C(=O)C1. The molecule has 0 spiro atoms. The van der Waals surface area contributed by atoms with Gasteiger partial charge in [0.2, 0.25) is 6.29 Å². The van der Waals surface area contributed by atoms with Gasteiger partial charge in [0.05, 0.1) is 0 Å². The van der Waals surface area contributed by atoms with Crippen LogP contribution in [0, 0.1) is 0 Å². The van der Waals surface area contributed by atoms with Crippen LogP contribution in [0.25, 0.3) is 0 Å². The molecule has 140 valence electrons. The van der Waals surface area contributed by atoms with Gasteiger partial charge in [-0.15, -0.1) is 0 Å². The van der Waals surface area contributed by atoms with Crippen molar-refractivity contribution < 1.29 is 23.9 Å². The zero-order valence-corrected chi connectivity index (χ0v) is 16.0. The largest absolute Gasteiger partial charge is 0.422 e. The fourth-order valence-corrected chi connectivity index (χ4v) is 4.04. The van der Waals surface area contributed by atoms with Crippen molar-refractivity contribution in [3.8, 4) is 0 Å². The topological polar surface area (TPSA) is 69.7 Å². The summed E-state index contributed by atoms with van der Waals surface area (Å²) in [6, 6.07) is 7.92. The lowest BCUT2D eigenvalue weighted by molar-refractivity contribution is -0.182. The summed E-state index contributed by atoms with van der Waals surface area (Å²) in [6.45, 7) is 3.44. The van der Waals surface area contributed by atoms with E-state index in [0.29, 0.717) is 12.8 Å². The smallest absolute Gasteiger partial charge is 0.337 e. The van der Waals surface area contributed by atoms with E-state index < -0.39 is 18.2 Å². The van der Waals surface area contributed by atoms with Gasteiger partial charge in [0.1, 0.15) is 0 Å². The molecule has 1 aliphatic carbocycles. The number of carbonyl (C=O) groups is 3. The molecule has 5 nitrogen and oxygen atoms in total. The number of thioether (sulfide) groups is 1. The van der Waals surface area contributed by atoms with E-state index in [0.717, 1.165) is 20.9 Å². The van der Waals surface area contributed by atoms with Gasteiger partial charge in [-0.3, -0.25) is 4.79 Å². The van der Waals surface area contributed by atoms with Crippen molar-refractivity contribution in [3.63, 3.8) is 0 Å². The van der Waals surface area contributed by atoms with E-state index in [4.69, 9.17) is 9.47 Å². The molecular weight excluding hydrogens is 364 g/mol. The Labute approximate surface area is 162 Å². The lowest BCUT2D eigenvalue weighted by Crippen LogP contribution is -2.26. The Morgan fingerprint density at radius 3 is 2.74 bits per heavy atom. The number of rotatable bonds is 5. The third-order valence-electron chi connectivity index (χ3n) is 4.23. The Kier molecular flexibility index (Phi) is 5.96. The molecule has 0 fully saturated rings. The maximum absolute atomic E-state index is 12.6. The standard InChI is InChI=1S/C21H20O5S/c1-3-7-19(23)25-20(4-2)26-21(24)14-11-16(22)15-10-13-8-5-6-9-17(13)27-18(15)12-14/h3,5-9,12,20H,4,10-11H2,1-2H3/b7-3+. The van der Waals surface area contributed by atoms with Gasteiger partial charge < -0.3 is 9.47 Å². The zero-order valence-electron chi connectivity index (χ0n) is 15.2. The molecule has 0 N–H and O–H groups in total. The minimum absolute atomic E-state index is 0.000360. The van der Waals surface area contributed by atoms with Crippen LogP contribution in [0.3, 0.4) is 0 Å². The Morgan fingerprint density at radius 1 is 1.22 bits per heavy atom. The highest BCUT2D eigenvalue weighted by atomic mass is 32.2. The number of allylic oxidation sites excluding steroid dienone is 3. The summed E-state index contributed by atoms with van der Waals surface area (Å²) in [5, 5.41) is 0. The molecule has 1 heterocycles. The van der Waals surface area contributed by atoms with Gasteiger partial charge in [-0.2, -0.15) is 0 Å². The third-order valence-corrected chi connectivity index (χ3v) is 5.44. The van der Waals surface area contributed by atoms with Gasteiger partial charge in [0, 0.05) is 46.3 Å². The first-order valence-corrected chi connectivity index (χ1v) is 9.60. The van der Waals surface area contributed by atoms with E-state index >= 15 is 0 Å². The monoisotopic (exact) mass is 384 g/mol. The minimum atomic E-state index is -0.979. The number of hydrogen-bond acceptors (Lipinski definition) is 6. The quantitative estimate of drug-likeness (QED) is 0.436. The summed E-state index contributed by atoms with van der Waals surface area (Å²) >= 11 is 1.49. The summed E-state index contributed by atoms with van der Waals surface area (Å²) < 4.78 is 10.4. The maximum atomic E-state index is 12.6. The van der Waals surface area contributed by atoms with Crippen LogP contribution >= 0.6 is 11.8 Å². The highest BCUT2D eigenvalue weighted by Gasteiger charge is 2.30. The van der Waals surface area contributed by atoms with Gasteiger partial charge in [-0.05, 0) is 24.6 Å². The fourth-order valence-electron chi connectivity index (χ4n) is 2.87. The molecule has 1 aliphatic heterocycles. The molecule has 0 amide bonds. The average molecular weight is 384 g/mol. The highest BCUT2D eigenvalue weighted by molar-refractivity contribution is 8.03. The number of ether oxygens (including phenoxy) is 2. The Morgan fingerprint density at radius 2 is 2.00 bits per heavy atom. The van der Waals surface area contributed by atoms with Crippen molar-refractivity contribution >= 4 is 29.5 Å². The number of fused-ring (bicyclic) bond motifs is 1. The molecule has 0 saturated carbocycles. The first kappa shape index (κ1) is 19.2. The van der Waals surface area contributed by atoms with Gasteiger partial charge in [-0.25, -0.2) is 9.59 Å². The number of benzene rings is 1. The molecule has 0 aromatic heterocycles. The van der Waals surface area contributed by atoms with E-state index in [1.54, 1.807) is 26.0 Å². The van der Waals surface area contributed by atoms with Crippen LogP contribution in [0.1, 0.15) is 32.3 Å². The van der Waals surface area contributed by atoms with Gasteiger partial charge >= 0.3 is 11.9 Å². The zero-order chi connectivity index (χ0) is 19.4. The molecule has 1 aromatic rings. The summed E-state index contributed by atoms with van der Waals surface area (Å²) in [6.07, 6.45) is 4.45. The van der Waals surface area contributed by atoms with Crippen LogP contribution in [-0.4, -0.2) is 24.0 Å². The van der Waals surface area contributed by atoms with Crippen molar-refractivity contribution in [1.82, 2.24) is 0 Å². The summed E-state index contributed by atoms with van der Waals surface area (Å²) in [4.78, 5) is 38.5. The minimum Gasteiger partial charge on any atom is -0.422 e. The van der Waals surface area contributed by atoms with Crippen LogP contribution < -0.4 is 0 Å². The molecule has 2 aliphatic rings. The van der Waals surface area contributed by atoms with E-state index in [9.17, 15) is 14.4 Å².